The highest BCUT2D eigenvalue weighted by atomic mass is 35.5. The van der Waals surface area contributed by atoms with Crippen molar-refractivity contribution in [2.45, 2.75) is 36.7 Å². The summed E-state index contributed by atoms with van der Waals surface area (Å²) < 4.78 is 9.58. The van der Waals surface area contributed by atoms with Crippen LogP contribution in [0.4, 0.5) is 4.79 Å². The Balaban J connectivity index is 2.50. The zero-order valence-electron chi connectivity index (χ0n) is 13.2. The summed E-state index contributed by atoms with van der Waals surface area (Å²) in [5, 5.41) is 11.1. The molecule has 0 bridgehead atoms. The number of alkyl carbamates (subject to hydrolysis) is 1. The summed E-state index contributed by atoms with van der Waals surface area (Å²) in [5.74, 6) is -1.60. The van der Waals surface area contributed by atoms with Crippen molar-refractivity contribution in [3.63, 3.8) is 0 Å². The highest BCUT2D eigenvalue weighted by Crippen LogP contribution is 2.25. The fraction of sp³-hybridized carbons (Fsp3) is 0.400. The van der Waals surface area contributed by atoms with E-state index >= 15 is 0 Å². The number of benzene rings is 1. The Morgan fingerprint density at radius 1 is 1.33 bits per heavy atom. The highest BCUT2D eigenvalue weighted by molar-refractivity contribution is 8.00. The lowest BCUT2D eigenvalue weighted by molar-refractivity contribution is -0.164. The van der Waals surface area contributed by atoms with Gasteiger partial charge in [-0.15, -0.1) is 11.8 Å². The van der Waals surface area contributed by atoms with Gasteiger partial charge in [0.25, 0.3) is 0 Å². The first-order chi connectivity index (χ1) is 11.3. The van der Waals surface area contributed by atoms with Gasteiger partial charge in [0.15, 0.2) is 0 Å². The van der Waals surface area contributed by atoms with E-state index in [0.29, 0.717) is 9.92 Å². The second-order valence-electron chi connectivity index (χ2n) is 4.60. The number of hydrogen-bond donors (Lipinski definition) is 2. The second kappa shape index (κ2) is 10.0. The molecule has 24 heavy (non-hydrogen) atoms. The predicted octanol–water partition coefficient (Wildman–Crippen LogP) is 2.91. The summed E-state index contributed by atoms with van der Waals surface area (Å²) in [6.45, 7) is 2.84. The third-order valence-corrected chi connectivity index (χ3v) is 4.05. The molecule has 1 amide bonds. The first kappa shape index (κ1) is 20.1. The highest BCUT2D eigenvalue weighted by Gasteiger charge is 2.21. The Bertz CT molecular complexity index is 597. The van der Waals surface area contributed by atoms with E-state index in [1.54, 1.807) is 31.2 Å². The standard InChI is InChI=1S/C15H18ClNO6S/c1-3-13(18)22-9(2)23-15(21)17-8-12(14(19)20)24-11-6-4-5-10(16)7-11/h4-7,9,12H,3,8H2,1-2H3,(H,17,21)(H,19,20)/t9-,12+/m1/s1. The largest absolute Gasteiger partial charge is 0.480 e. The fourth-order valence-electron chi connectivity index (χ4n) is 1.54. The van der Waals surface area contributed by atoms with Crippen molar-refractivity contribution in [3.05, 3.63) is 29.3 Å². The van der Waals surface area contributed by atoms with Crippen LogP contribution in [0, 0.1) is 0 Å². The Labute approximate surface area is 148 Å². The first-order valence-electron chi connectivity index (χ1n) is 7.10. The molecule has 0 spiro atoms. The Morgan fingerprint density at radius 2 is 2.04 bits per heavy atom. The molecule has 0 aliphatic carbocycles. The zero-order chi connectivity index (χ0) is 18.1. The van der Waals surface area contributed by atoms with Gasteiger partial charge in [-0.3, -0.25) is 9.59 Å². The van der Waals surface area contributed by atoms with E-state index in [4.69, 9.17) is 21.1 Å². The van der Waals surface area contributed by atoms with Gasteiger partial charge in [0.05, 0.1) is 0 Å². The number of halogens is 1. The van der Waals surface area contributed by atoms with E-state index < -0.39 is 29.6 Å². The molecule has 0 heterocycles. The lowest BCUT2D eigenvalue weighted by atomic mass is 10.4. The molecule has 132 valence electrons. The predicted molar refractivity (Wildman–Crippen MR) is 89.1 cm³/mol. The van der Waals surface area contributed by atoms with Gasteiger partial charge in [-0.2, -0.15) is 0 Å². The summed E-state index contributed by atoms with van der Waals surface area (Å²) >= 11 is 6.90. The smallest absolute Gasteiger partial charge is 0.410 e. The number of carboxylic acids is 1. The van der Waals surface area contributed by atoms with Crippen LogP contribution in [0.1, 0.15) is 20.3 Å². The van der Waals surface area contributed by atoms with Crippen LogP contribution in [0.3, 0.4) is 0 Å². The van der Waals surface area contributed by atoms with Gasteiger partial charge >= 0.3 is 18.0 Å². The molecule has 2 N–H and O–H groups in total. The monoisotopic (exact) mass is 375 g/mol. The minimum Gasteiger partial charge on any atom is -0.480 e. The number of rotatable bonds is 8. The summed E-state index contributed by atoms with van der Waals surface area (Å²) in [6, 6.07) is 6.73. The third kappa shape index (κ3) is 7.56. The number of thioether (sulfide) groups is 1. The molecule has 0 saturated heterocycles. The van der Waals surface area contributed by atoms with Gasteiger partial charge in [0.2, 0.25) is 6.29 Å². The van der Waals surface area contributed by atoms with Gasteiger partial charge in [0.1, 0.15) is 5.25 Å². The topological polar surface area (TPSA) is 102 Å². The average molecular weight is 376 g/mol. The lowest BCUT2D eigenvalue weighted by Gasteiger charge is -2.16. The van der Waals surface area contributed by atoms with E-state index in [9.17, 15) is 19.5 Å². The number of amides is 1. The van der Waals surface area contributed by atoms with Crippen LogP contribution in [0.15, 0.2) is 29.2 Å². The van der Waals surface area contributed by atoms with Crippen molar-refractivity contribution >= 4 is 41.4 Å². The molecule has 0 saturated carbocycles. The van der Waals surface area contributed by atoms with Crippen molar-refractivity contribution in [3.8, 4) is 0 Å². The molecule has 0 aliphatic rings. The molecule has 7 nitrogen and oxygen atoms in total. The lowest BCUT2D eigenvalue weighted by Crippen LogP contribution is -2.37. The molecule has 0 unspecified atom stereocenters. The Morgan fingerprint density at radius 3 is 2.62 bits per heavy atom. The SMILES string of the molecule is CCC(=O)O[C@@H](C)OC(=O)NC[C@H](Sc1cccc(Cl)c1)C(=O)O. The maximum atomic E-state index is 11.6. The number of carboxylic acid groups (broad SMARTS) is 1. The third-order valence-electron chi connectivity index (χ3n) is 2.64. The van der Waals surface area contributed by atoms with E-state index in [2.05, 4.69) is 5.32 Å². The average Bonchev–Trinajstić information content (AvgIpc) is 2.50. The second-order valence-corrected chi connectivity index (χ2v) is 6.31. The zero-order valence-corrected chi connectivity index (χ0v) is 14.7. The number of carbonyl (C=O) groups is 3. The normalized spacial score (nSPS) is 12.8. The van der Waals surface area contributed by atoms with Crippen LogP contribution >= 0.6 is 23.4 Å². The summed E-state index contributed by atoms with van der Waals surface area (Å²) in [6.07, 6.45) is -1.77. The molecule has 9 heteroatoms. The van der Waals surface area contributed by atoms with Gasteiger partial charge in [-0.05, 0) is 18.2 Å². The molecule has 0 aliphatic heterocycles. The van der Waals surface area contributed by atoms with Crippen molar-refractivity contribution in [1.29, 1.82) is 0 Å². The first-order valence-corrected chi connectivity index (χ1v) is 8.36. The Hall–Kier alpha value is -1.93. The van der Waals surface area contributed by atoms with Gasteiger partial charge in [0, 0.05) is 29.8 Å². The molecular formula is C15H18ClNO6S. The van der Waals surface area contributed by atoms with E-state index in [1.165, 1.54) is 6.92 Å². The number of aliphatic carboxylic acids is 1. The number of ether oxygens (including phenoxy) is 2. The molecule has 1 aromatic rings. The molecule has 0 fully saturated rings. The van der Waals surface area contributed by atoms with Crippen molar-refractivity contribution in [1.82, 2.24) is 5.32 Å². The summed E-state index contributed by atoms with van der Waals surface area (Å²) in [5.41, 5.74) is 0. The van der Waals surface area contributed by atoms with E-state index in [-0.39, 0.29) is 13.0 Å². The number of nitrogens with one attached hydrogen (secondary N) is 1. The number of esters is 1. The minimum absolute atomic E-state index is 0.159. The van der Waals surface area contributed by atoms with E-state index in [0.717, 1.165) is 11.8 Å². The molecule has 2 atom stereocenters. The van der Waals surface area contributed by atoms with E-state index in [1.807, 2.05) is 0 Å². The maximum absolute atomic E-state index is 11.6. The van der Waals surface area contributed by atoms with Crippen molar-refractivity contribution in [2.75, 3.05) is 6.54 Å². The molecule has 1 aromatic carbocycles. The Kier molecular flexibility index (Phi) is 8.42. The number of hydrogen-bond acceptors (Lipinski definition) is 6. The quantitative estimate of drug-likeness (QED) is 0.409. The number of carbonyl (C=O) groups excluding carboxylic acids is 2. The molecule has 0 radical (unpaired) electrons. The van der Waals surface area contributed by atoms with Crippen molar-refractivity contribution in [2.24, 2.45) is 0 Å². The van der Waals surface area contributed by atoms with Crippen LogP contribution in [0.25, 0.3) is 0 Å². The van der Waals surface area contributed by atoms with Crippen LogP contribution in [0.2, 0.25) is 5.02 Å². The molecule has 0 aromatic heterocycles. The van der Waals surface area contributed by atoms with Gasteiger partial charge in [-0.1, -0.05) is 24.6 Å². The van der Waals surface area contributed by atoms with Crippen LogP contribution in [-0.4, -0.2) is 41.2 Å². The maximum Gasteiger partial charge on any atom is 0.410 e. The van der Waals surface area contributed by atoms with Gasteiger partial charge < -0.3 is 19.9 Å². The van der Waals surface area contributed by atoms with Gasteiger partial charge in [-0.25, -0.2) is 4.79 Å². The molecule has 1 rings (SSSR count). The fourth-order valence-corrected chi connectivity index (χ4v) is 2.75. The minimum atomic E-state index is -1.09. The summed E-state index contributed by atoms with van der Waals surface area (Å²) in [7, 11) is 0. The molecular weight excluding hydrogens is 358 g/mol. The van der Waals surface area contributed by atoms with Crippen LogP contribution < -0.4 is 5.32 Å². The van der Waals surface area contributed by atoms with Crippen LogP contribution in [-0.2, 0) is 19.1 Å². The summed E-state index contributed by atoms with van der Waals surface area (Å²) in [4.78, 5) is 34.6. The van der Waals surface area contributed by atoms with Crippen molar-refractivity contribution < 1.29 is 29.0 Å². The van der Waals surface area contributed by atoms with Crippen LogP contribution in [0.5, 0.6) is 0 Å².